The molecule has 0 saturated heterocycles. The van der Waals surface area contributed by atoms with Crippen molar-refractivity contribution in [3.05, 3.63) is 89.9 Å². The van der Waals surface area contributed by atoms with Crippen LogP contribution in [-0.4, -0.2) is 11.6 Å². The summed E-state index contributed by atoms with van der Waals surface area (Å²) in [6, 6.07) is 24.3. The Morgan fingerprint density at radius 1 is 0.806 bits per heavy atom. The van der Waals surface area contributed by atoms with Crippen molar-refractivity contribution >= 4 is 57.8 Å². The Kier molecular flexibility index (Phi) is 3.63. The zero-order valence-electron chi connectivity index (χ0n) is 16.8. The van der Waals surface area contributed by atoms with E-state index >= 15 is 0 Å². The standard InChI is InChI=1S/C25H19N3PS2/c1-29-22-18(24-26-13-15-30-24)9-5-11-20(22)28(17-7-3-2-4-8-17)21-12-6-10-19(23(21)29)25-27(29)14-16-31-25/h2-16,29H,1H3/q+1. The monoisotopic (exact) mass is 456 g/mol. The Morgan fingerprint density at radius 2 is 1.55 bits per heavy atom. The third-order valence-corrected chi connectivity index (χ3v) is 12.7. The number of fused-ring (bicyclic) bond motifs is 5. The van der Waals surface area contributed by atoms with E-state index in [1.54, 1.807) is 11.3 Å². The van der Waals surface area contributed by atoms with Gasteiger partial charge in [-0.1, -0.05) is 0 Å². The summed E-state index contributed by atoms with van der Waals surface area (Å²) in [6.45, 7) is 2.51. The first-order valence-electron chi connectivity index (χ1n) is 10.3. The third-order valence-electron chi connectivity index (χ3n) is 6.54. The summed E-state index contributed by atoms with van der Waals surface area (Å²) in [5.41, 5.74) is 6.46. The summed E-state index contributed by atoms with van der Waals surface area (Å²) in [5.74, 6) is 0. The number of thiazole rings is 2. The first-order valence-corrected chi connectivity index (χ1v) is 14.5. The summed E-state index contributed by atoms with van der Waals surface area (Å²) >= 11 is 3.57. The molecule has 0 amide bonds. The molecule has 31 heavy (non-hydrogen) atoms. The number of nitrogens with zero attached hydrogens (tertiary/aromatic N) is 3. The van der Waals surface area contributed by atoms with Crippen molar-refractivity contribution < 1.29 is 4.34 Å². The van der Waals surface area contributed by atoms with Gasteiger partial charge >= 0.3 is 190 Å². The van der Waals surface area contributed by atoms with Crippen LogP contribution in [0, 0.1) is 0 Å². The Labute approximate surface area is 189 Å². The van der Waals surface area contributed by atoms with Crippen LogP contribution in [-0.2, 0) is 0 Å². The molecule has 4 heterocycles. The molecule has 2 aromatic heterocycles. The first-order chi connectivity index (χ1) is 15.3. The average Bonchev–Trinajstić information content (AvgIpc) is 3.55. The molecule has 0 aliphatic carbocycles. The fraction of sp³-hybridized carbons (Fsp3) is 0.0400. The van der Waals surface area contributed by atoms with Crippen molar-refractivity contribution in [2.45, 2.75) is 0 Å². The van der Waals surface area contributed by atoms with Crippen molar-refractivity contribution in [2.75, 3.05) is 11.6 Å². The van der Waals surface area contributed by atoms with Crippen LogP contribution >= 0.6 is 30.1 Å². The van der Waals surface area contributed by atoms with Gasteiger partial charge in [-0.05, 0) is 0 Å². The van der Waals surface area contributed by atoms with Crippen molar-refractivity contribution in [3.8, 4) is 21.1 Å². The van der Waals surface area contributed by atoms with Gasteiger partial charge in [-0.2, -0.15) is 0 Å². The molecular weight excluding hydrogens is 437 g/mol. The van der Waals surface area contributed by atoms with Gasteiger partial charge in [0.1, 0.15) is 0 Å². The normalized spacial score (nSPS) is 15.8. The van der Waals surface area contributed by atoms with Gasteiger partial charge in [0.05, 0.1) is 0 Å². The van der Waals surface area contributed by atoms with E-state index in [-0.39, 0.29) is 0 Å². The van der Waals surface area contributed by atoms with Crippen molar-refractivity contribution in [1.82, 2.24) is 4.98 Å². The Bertz CT molecular complexity index is 1460. The molecule has 0 radical (unpaired) electrons. The summed E-state index contributed by atoms with van der Waals surface area (Å²) in [5, 5.41) is 9.76. The average molecular weight is 457 g/mol. The molecule has 5 aromatic rings. The minimum atomic E-state index is -2.25. The molecule has 2 aliphatic heterocycles. The van der Waals surface area contributed by atoms with Gasteiger partial charge in [-0.25, -0.2) is 0 Å². The molecule has 3 aromatic carbocycles. The van der Waals surface area contributed by atoms with Gasteiger partial charge < -0.3 is 0 Å². The van der Waals surface area contributed by atoms with Crippen LogP contribution in [0.15, 0.2) is 89.9 Å². The molecule has 7 rings (SSSR count). The van der Waals surface area contributed by atoms with Gasteiger partial charge in [-0.3, -0.25) is 0 Å². The van der Waals surface area contributed by atoms with Crippen LogP contribution in [0.1, 0.15) is 0 Å². The topological polar surface area (TPSA) is 20.0 Å². The molecule has 0 atom stereocenters. The number of para-hydroxylation sites is 1. The molecule has 150 valence electrons. The predicted molar refractivity (Wildman–Crippen MR) is 135 cm³/mol. The van der Waals surface area contributed by atoms with Gasteiger partial charge in [-0.15, -0.1) is 0 Å². The van der Waals surface area contributed by atoms with E-state index in [0.717, 1.165) is 5.01 Å². The molecule has 0 N–H and O–H groups in total. The van der Waals surface area contributed by atoms with Crippen LogP contribution in [0.3, 0.4) is 0 Å². The van der Waals surface area contributed by atoms with Crippen molar-refractivity contribution in [1.29, 1.82) is 0 Å². The van der Waals surface area contributed by atoms with Crippen LogP contribution in [0.25, 0.3) is 21.1 Å². The fourth-order valence-electron chi connectivity index (χ4n) is 5.37. The van der Waals surface area contributed by atoms with Crippen LogP contribution in [0.5, 0.6) is 0 Å². The molecule has 3 nitrogen and oxygen atoms in total. The molecule has 6 heteroatoms. The van der Waals surface area contributed by atoms with Gasteiger partial charge in [0.15, 0.2) is 0 Å². The van der Waals surface area contributed by atoms with E-state index in [1.807, 2.05) is 17.5 Å². The van der Waals surface area contributed by atoms with E-state index in [9.17, 15) is 0 Å². The van der Waals surface area contributed by atoms with E-state index < -0.39 is 7.41 Å². The maximum atomic E-state index is 4.72. The summed E-state index contributed by atoms with van der Waals surface area (Å²) in [6.07, 6.45) is 4.22. The number of hydrogen-bond donors (Lipinski definition) is 0. The van der Waals surface area contributed by atoms with E-state index in [2.05, 4.69) is 99.6 Å². The van der Waals surface area contributed by atoms with Gasteiger partial charge in [0, 0.05) is 0 Å². The Morgan fingerprint density at radius 3 is 2.29 bits per heavy atom. The SMILES string of the molecule is C[PH]12c3c(-c4nccs4)cccc3N(c3ccccc3)c3cccc(c31)-c1scc[n+]12. The van der Waals surface area contributed by atoms with Crippen LogP contribution in [0.4, 0.5) is 17.1 Å². The summed E-state index contributed by atoms with van der Waals surface area (Å²) < 4.78 is 2.60. The molecule has 0 bridgehead atoms. The molecular formula is C25H19N3PS2+. The maximum absolute atomic E-state index is 4.72. The van der Waals surface area contributed by atoms with Gasteiger partial charge in [0.25, 0.3) is 0 Å². The fourth-order valence-corrected chi connectivity index (χ4v) is 12.3. The molecule has 0 spiro atoms. The third kappa shape index (κ3) is 2.21. The number of benzene rings is 3. The quantitative estimate of drug-likeness (QED) is 0.317. The minimum absolute atomic E-state index is 1.10. The second-order valence-corrected chi connectivity index (χ2v) is 13.5. The van der Waals surface area contributed by atoms with E-state index in [4.69, 9.17) is 4.98 Å². The second kappa shape index (κ2) is 6.33. The molecule has 0 fully saturated rings. The summed E-state index contributed by atoms with van der Waals surface area (Å²) in [7, 11) is -2.25. The number of rotatable bonds is 2. The number of anilines is 3. The Balaban J connectivity index is 1.66. The predicted octanol–water partition coefficient (Wildman–Crippen LogP) is 5.72. The van der Waals surface area contributed by atoms with Crippen LogP contribution < -0.4 is 19.8 Å². The van der Waals surface area contributed by atoms with Crippen molar-refractivity contribution in [2.24, 2.45) is 0 Å². The molecule has 2 aliphatic rings. The zero-order valence-corrected chi connectivity index (χ0v) is 19.5. The van der Waals surface area contributed by atoms with Crippen LogP contribution in [0.2, 0.25) is 0 Å². The molecule has 0 saturated carbocycles. The number of hydrogen-bond acceptors (Lipinski definition) is 4. The number of aromatic nitrogens is 2. The second-order valence-electron chi connectivity index (χ2n) is 8.06. The molecule has 0 unspecified atom stereocenters. The van der Waals surface area contributed by atoms with Crippen molar-refractivity contribution in [3.63, 3.8) is 0 Å². The van der Waals surface area contributed by atoms with E-state index in [0.29, 0.717) is 0 Å². The first kappa shape index (κ1) is 17.8. The van der Waals surface area contributed by atoms with E-state index in [1.165, 1.54) is 43.8 Å². The Hall–Kier alpha value is -2.85. The summed E-state index contributed by atoms with van der Waals surface area (Å²) in [4.78, 5) is 7.18. The van der Waals surface area contributed by atoms with Gasteiger partial charge in [0.2, 0.25) is 0 Å². The zero-order chi connectivity index (χ0) is 20.6.